The van der Waals surface area contributed by atoms with E-state index in [1.807, 2.05) is 24.3 Å². The highest BCUT2D eigenvalue weighted by Gasteiger charge is 2.20. The predicted molar refractivity (Wildman–Crippen MR) is 79.7 cm³/mol. The first-order valence-corrected chi connectivity index (χ1v) is 6.82. The number of para-hydroxylation sites is 1. The molecule has 0 atom stereocenters. The summed E-state index contributed by atoms with van der Waals surface area (Å²) in [6.45, 7) is 3.46. The molecule has 0 aliphatic heterocycles. The van der Waals surface area contributed by atoms with Gasteiger partial charge in [0.15, 0.2) is 0 Å². The SMILES string of the molecule is CC(C)(O)c1ccccc1Nc1nc(Cl)ncc1Br. The zero-order chi connectivity index (χ0) is 14.0. The highest BCUT2D eigenvalue weighted by atomic mass is 79.9. The average Bonchev–Trinajstić information content (AvgIpc) is 2.33. The van der Waals surface area contributed by atoms with Crippen LogP contribution in [0.1, 0.15) is 19.4 Å². The molecule has 0 saturated carbocycles. The molecule has 1 aromatic heterocycles. The van der Waals surface area contributed by atoms with Gasteiger partial charge < -0.3 is 10.4 Å². The zero-order valence-corrected chi connectivity index (χ0v) is 12.8. The average molecular weight is 343 g/mol. The van der Waals surface area contributed by atoms with Gasteiger partial charge in [0, 0.05) is 17.4 Å². The largest absolute Gasteiger partial charge is 0.386 e. The minimum Gasteiger partial charge on any atom is -0.386 e. The minimum atomic E-state index is -0.951. The fraction of sp³-hybridized carbons (Fsp3) is 0.231. The van der Waals surface area contributed by atoms with E-state index in [4.69, 9.17) is 11.6 Å². The molecule has 6 heteroatoms. The lowest BCUT2D eigenvalue weighted by atomic mass is 9.96. The molecule has 0 amide bonds. The van der Waals surface area contributed by atoms with Crippen LogP contribution in [0.15, 0.2) is 34.9 Å². The predicted octanol–water partition coefficient (Wildman–Crippen LogP) is 3.86. The number of hydrogen-bond acceptors (Lipinski definition) is 4. The number of aromatic nitrogens is 2. The molecule has 0 aliphatic carbocycles. The summed E-state index contributed by atoms with van der Waals surface area (Å²) in [5, 5.41) is 13.5. The third kappa shape index (κ3) is 3.43. The molecule has 19 heavy (non-hydrogen) atoms. The molecule has 1 aromatic carbocycles. The standard InChI is InChI=1S/C13H13BrClN3O/c1-13(2,19)8-5-3-4-6-10(8)17-11-9(14)7-16-12(15)18-11/h3-7,19H,1-2H3,(H,16,17,18). The highest BCUT2D eigenvalue weighted by Crippen LogP contribution is 2.31. The fourth-order valence-electron chi connectivity index (χ4n) is 1.69. The number of hydrogen-bond donors (Lipinski definition) is 2. The van der Waals surface area contributed by atoms with Gasteiger partial charge in [-0.05, 0) is 47.4 Å². The minimum absolute atomic E-state index is 0.159. The maximum absolute atomic E-state index is 10.2. The number of nitrogens with zero attached hydrogens (tertiary/aromatic N) is 2. The van der Waals surface area contributed by atoms with Crippen molar-refractivity contribution in [1.29, 1.82) is 0 Å². The lowest BCUT2D eigenvalue weighted by Crippen LogP contribution is -2.17. The Labute approximate surface area is 125 Å². The summed E-state index contributed by atoms with van der Waals surface area (Å²) < 4.78 is 0.697. The summed E-state index contributed by atoms with van der Waals surface area (Å²) in [7, 11) is 0. The highest BCUT2D eigenvalue weighted by molar-refractivity contribution is 9.10. The van der Waals surface area contributed by atoms with Gasteiger partial charge in [-0.25, -0.2) is 4.98 Å². The molecular formula is C13H13BrClN3O. The van der Waals surface area contributed by atoms with E-state index < -0.39 is 5.60 Å². The molecule has 0 bridgehead atoms. The Balaban J connectivity index is 2.41. The summed E-state index contributed by atoms with van der Waals surface area (Å²) >= 11 is 9.13. The lowest BCUT2D eigenvalue weighted by molar-refractivity contribution is 0.0794. The van der Waals surface area contributed by atoms with E-state index in [1.54, 1.807) is 20.0 Å². The second-order valence-electron chi connectivity index (χ2n) is 4.57. The van der Waals surface area contributed by atoms with Crippen LogP contribution >= 0.6 is 27.5 Å². The van der Waals surface area contributed by atoms with E-state index in [-0.39, 0.29) is 5.28 Å². The van der Waals surface area contributed by atoms with Crippen molar-refractivity contribution in [3.05, 3.63) is 45.8 Å². The van der Waals surface area contributed by atoms with Crippen molar-refractivity contribution in [3.63, 3.8) is 0 Å². The monoisotopic (exact) mass is 341 g/mol. The van der Waals surface area contributed by atoms with Gasteiger partial charge in [0.25, 0.3) is 0 Å². The number of anilines is 2. The Kier molecular flexibility index (Phi) is 4.08. The van der Waals surface area contributed by atoms with Crippen LogP contribution in [0.2, 0.25) is 5.28 Å². The summed E-state index contributed by atoms with van der Waals surface area (Å²) in [4.78, 5) is 7.98. The summed E-state index contributed by atoms with van der Waals surface area (Å²) in [5.41, 5.74) is 0.592. The second-order valence-corrected chi connectivity index (χ2v) is 5.76. The van der Waals surface area contributed by atoms with Gasteiger partial charge in [-0.1, -0.05) is 18.2 Å². The van der Waals surface area contributed by atoms with E-state index in [2.05, 4.69) is 31.2 Å². The van der Waals surface area contributed by atoms with Gasteiger partial charge in [-0.15, -0.1) is 0 Å². The van der Waals surface area contributed by atoms with Gasteiger partial charge in [-0.2, -0.15) is 4.98 Å². The van der Waals surface area contributed by atoms with E-state index in [0.29, 0.717) is 10.3 Å². The van der Waals surface area contributed by atoms with Crippen LogP contribution < -0.4 is 5.32 Å². The first-order valence-electron chi connectivity index (χ1n) is 5.65. The molecule has 0 radical (unpaired) electrons. The van der Waals surface area contributed by atoms with Gasteiger partial charge in [0.2, 0.25) is 5.28 Å². The Hall–Kier alpha value is -1.17. The Morgan fingerprint density at radius 1 is 1.32 bits per heavy atom. The van der Waals surface area contributed by atoms with E-state index in [1.165, 1.54) is 0 Å². The van der Waals surface area contributed by atoms with Crippen LogP contribution in [0.5, 0.6) is 0 Å². The molecule has 0 saturated heterocycles. The summed E-state index contributed by atoms with van der Waals surface area (Å²) in [6.07, 6.45) is 1.57. The van der Waals surface area contributed by atoms with Crippen molar-refractivity contribution in [1.82, 2.24) is 9.97 Å². The molecule has 2 N–H and O–H groups in total. The number of halogens is 2. The maximum atomic E-state index is 10.2. The molecule has 0 fully saturated rings. The third-order valence-electron chi connectivity index (χ3n) is 2.55. The lowest BCUT2D eigenvalue weighted by Gasteiger charge is -2.22. The van der Waals surface area contributed by atoms with Crippen molar-refractivity contribution in [3.8, 4) is 0 Å². The van der Waals surface area contributed by atoms with Crippen molar-refractivity contribution >= 4 is 39.0 Å². The molecular weight excluding hydrogens is 330 g/mol. The first kappa shape index (κ1) is 14.2. The van der Waals surface area contributed by atoms with Gasteiger partial charge in [0.1, 0.15) is 5.82 Å². The number of rotatable bonds is 3. The van der Waals surface area contributed by atoms with Crippen molar-refractivity contribution in [2.45, 2.75) is 19.4 Å². The smallest absolute Gasteiger partial charge is 0.224 e. The first-order chi connectivity index (χ1) is 8.88. The van der Waals surface area contributed by atoms with Crippen LogP contribution in [-0.4, -0.2) is 15.1 Å². The molecule has 2 aromatic rings. The van der Waals surface area contributed by atoms with Gasteiger partial charge in [0.05, 0.1) is 10.1 Å². The van der Waals surface area contributed by atoms with Crippen molar-refractivity contribution in [2.24, 2.45) is 0 Å². The molecule has 0 aliphatic rings. The second kappa shape index (κ2) is 5.45. The van der Waals surface area contributed by atoms with Gasteiger partial charge >= 0.3 is 0 Å². The van der Waals surface area contributed by atoms with Crippen LogP contribution in [0, 0.1) is 0 Å². The number of aliphatic hydroxyl groups is 1. The molecule has 0 spiro atoms. The number of benzene rings is 1. The van der Waals surface area contributed by atoms with E-state index >= 15 is 0 Å². The quantitative estimate of drug-likeness (QED) is 0.832. The molecule has 4 nitrogen and oxygen atoms in total. The maximum Gasteiger partial charge on any atom is 0.224 e. The normalized spacial score (nSPS) is 11.4. The summed E-state index contributed by atoms with van der Waals surface area (Å²) in [6, 6.07) is 7.49. The Morgan fingerprint density at radius 2 is 2.00 bits per heavy atom. The number of nitrogens with one attached hydrogen (secondary N) is 1. The van der Waals surface area contributed by atoms with Crippen LogP contribution in [0.25, 0.3) is 0 Å². The van der Waals surface area contributed by atoms with E-state index in [0.717, 1.165) is 11.3 Å². The van der Waals surface area contributed by atoms with Crippen molar-refractivity contribution < 1.29 is 5.11 Å². The van der Waals surface area contributed by atoms with Crippen LogP contribution in [-0.2, 0) is 5.60 Å². The fourth-order valence-corrected chi connectivity index (χ4v) is 2.11. The molecule has 0 unspecified atom stereocenters. The van der Waals surface area contributed by atoms with Crippen molar-refractivity contribution in [2.75, 3.05) is 5.32 Å². The molecule has 1 heterocycles. The third-order valence-corrected chi connectivity index (χ3v) is 3.32. The molecule has 2 rings (SSSR count). The van der Waals surface area contributed by atoms with Crippen LogP contribution in [0.4, 0.5) is 11.5 Å². The summed E-state index contributed by atoms with van der Waals surface area (Å²) in [5.74, 6) is 0.553. The van der Waals surface area contributed by atoms with E-state index in [9.17, 15) is 5.11 Å². The zero-order valence-electron chi connectivity index (χ0n) is 10.5. The van der Waals surface area contributed by atoms with Gasteiger partial charge in [-0.3, -0.25) is 0 Å². The molecule has 100 valence electrons. The van der Waals surface area contributed by atoms with Crippen LogP contribution in [0.3, 0.4) is 0 Å². The topological polar surface area (TPSA) is 58.0 Å². The Bertz CT molecular complexity index is 599. The Morgan fingerprint density at radius 3 is 2.68 bits per heavy atom.